The molecule has 1 aliphatic carbocycles. The van der Waals surface area contributed by atoms with Crippen LogP contribution in [0.4, 0.5) is 4.39 Å². The maximum atomic E-state index is 13.1. The van der Waals surface area contributed by atoms with Crippen molar-refractivity contribution in [2.24, 2.45) is 5.73 Å². The highest BCUT2D eigenvalue weighted by Crippen LogP contribution is 2.37. The predicted molar refractivity (Wildman–Crippen MR) is 49.9 cm³/mol. The number of carboxylic acid groups (broad SMARTS) is 1. The van der Waals surface area contributed by atoms with Crippen LogP contribution in [0.3, 0.4) is 0 Å². The van der Waals surface area contributed by atoms with Gasteiger partial charge in [0.05, 0.1) is 0 Å². The number of aromatic hydroxyl groups is 1. The minimum Gasteiger partial charge on any atom is -0.505 e. The van der Waals surface area contributed by atoms with Crippen LogP contribution < -0.4 is 5.73 Å². The molecular formula is C10H10FNO3. The Bertz CT molecular complexity index is 447. The number of rotatable bonds is 1. The number of aliphatic carboxylic acids is 1. The monoisotopic (exact) mass is 211 g/mol. The number of benzene rings is 1. The fraction of sp³-hybridized carbons (Fsp3) is 0.300. The molecule has 1 aromatic rings. The van der Waals surface area contributed by atoms with E-state index in [4.69, 9.17) is 15.9 Å². The first-order chi connectivity index (χ1) is 6.95. The van der Waals surface area contributed by atoms with Crippen LogP contribution in [0.25, 0.3) is 0 Å². The van der Waals surface area contributed by atoms with Crippen LogP contribution in [-0.2, 0) is 16.8 Å². The van der Waals surface area contributed by atoms with Gasteiger partial charge >= 0.3 is 5.97 Å². The topological polar surface area (TPSA) is 83.6 Å². The first-order valence-corrected chi connectivity index (χ1v) is 4.49. The van der Waals surface area contributed by atoms with E-state index < -0.39 is 23.1 Å². The van der Waals surface area contributed by atoms with E-state index in [0.29, 0.717) is 12.0 Å². The number of fused-ring (bicyclic) bond motifs is 1. The fourth-order valence-electron chi connectivity index (χ4n) is 1.92. The minimum absolute atomic E-state index is 0.223. The van der Waals surface area contributed by atoms with Gasteiger partial charge in [0, 0.05) is 0 Å². The third kappa shape index (κ3) is 1.27. The molecule has 0 spiro atoms. The Hall–Kier alpha value is -1.62. The van der Waals surface area contributed by atoms with E-state index in [2.05, 4.69) is 0 Å². The van der Waals surface area contributed by atoms with Crippen molar-refractivity contribution in [2.75, 3.05) is 0 Å². The molecule has 4 nitrogen and oxygen atoms in total. The van der Waals surface area contributed by atoms with E-state index in [0.717, 1.165) is 6.07 Å². The normalized spacial score (nSPS) is 23.9. The van der Waals surface area contributed by atoms with Gasteiger partial charge in [-0.3, -0.25) is 0 Å². The number of phenols is 1. The zero-order valence-corrected chi connectivity index (χ0v) is 7.83. The molecule has 1 atom stereocenters. The summed E-state index contributed by atoms with van der Waals surface area (Å²) in [6.45, 7) is 0. The zero-order valence-electron chi connectivity index (χ0n) is 7.83. The molecule has 4 N–H and O–H groups in total. The summed E-state index contributed by atoms with van der Waals surface area (Å²) in [6, 6.07) is 2.24. The molecule has 1 unspecified atom stereocenters. The van der Waals surface area contributed by atoms with Crippen molar-refractivity contribution < 1.29 is 19.4 Å². The van der Waals surface area contributed by atoms with Crippen LogP contribution in [0.1, 0.15) is 17.5 Å². The Balaban J connectivity index is 2.61. The Morgan fingerprint density at radius 1 is 1.53 bits per heavy atom. The molecule has 80 valence electrons. The molecule has 1 aromatic carbocycles. The number of carboxylic acids is 1. The lowest BCUT2D eigenvalue weighted by Gasteiger charge is -2.19. The maximum absolute atomic E-state index is 13.1. The Morgan fingerprint density at radius 2 is 2.20 bits per heavy atom. The van der Waals surface area contributed by atoms with Crippen LogP contribution in [0.15, 0.2) is 12.1 Å². The van der Waals surface area contributed by atoms with Crippen molar-refractivity contribution in [1.29, 1.82) is 0 Å². The van der Waals surface area contributed by atoms with E-state index in [1.165, 1.54) is 6.07 Å². The number of hydrogen-bond donors (Lipinski definition) is 3. The summed E-state index contributed by atoms with van der Waals surface area (Å²) in [6.07, 6.45) is 0.659. The zero-order chi connectivity index (χ0) is 11.2. The van der Waals surface area contributed by atoms with E-state index in [9.17, 15) is 9.18 Å². The molecule has 15 heavy (non-hydrogen) atoms. The van der Waals surface area contributed by atoms with E-state index in [-0.39, 0.29) is 12.0 Å². The molecule has 0 aromatic heterocycles. The highest BCUT2D eigenvalue weighted by molar-refractivity contribution is 5.82. The van der Waals surface area contributed by atoms with Gasteiger partial charge in [-0.15, -0.1) is 0 Å². The number of halogens is 1. The van der Waals surface area contributed by atoms with E-state index >= 15 is 0 Å². The molecule has 0 fully saturated rings. The van der Waals surface area contributed by atoms with Crippen LogP contribution in [-0.4, -0.2) is 16.2 Å². The van der Waals surface area contributed by atoms with Crippen LogP contribution >= 0.6 is 0 Å². The minimum atomic E-state index is -1.52. The van der Waals surface area contributed by atoms with Gasteiger partial charge in [0.25, 0.3) is 0 Å². The van der Waals surface area contributed by atoms with Gasteiger partial charge in [-0.05, 0) is 36.1 Å². The SMILES string of the molecule is NC1(C(=O)O)CCc2cc(O)c(F)cc21. The van der Waals surface area contributed by atoms with Crippen LogP contribution in [0, 0.1) is 5.82 Å². The lowest BCUT2D eigenvalue weighted by atomic mass is 9.93. The molecule has 0 bridgehead atoms. The Kier molecular flexibility index (Phi) is 1.94. The maximum Gasteiger partial charge on any atom is 0.328 e. The standard InChI is InChI=1S/C10H10FNO3/c11-7-4-6-5(3-8(7)13)1-2-10(6,12)9(14)15/h3-4,13H,1-2,12H2,(H,14,15). The molecule has 0 radical (unpaired) electrons. The van der Waals surface area contributed by atoms with Gasteiger partial charge in [-0.2, -0.15) is 0 Å². The number of hydrogen-bond acceptors (Lipinski definition) is 3. The second-order valence-electron chi connectivity index (χ2n) is 3.74. The summed E-state index contributed by atoms with van der Waals surface area (Å²) in [7, 11) is 0. The molecule has 0 saturated carbocycles. The molecule has 0 aliphatic heterocycles. The Labute approximate surface area is 85.1 Å². The van der Waals surface area contributed by atoms with Crippen molar-refractivity contribution in [3.8, 4) is 5.75 Å². The molecule has 2 rings (SSSR count). The van der Waals surface area contributed by atoms with Crippen molar-refractivity contribution in [1.82, 2.24) is 0 Å². The predicted octanol–water partition coefficient (Wildman–Crippen LogP) is 0.716. The van der Waals surface area contributed by atoms with Crippen molar-refractivity contribution in [3.05, 3.63) is 29.1 Å². The summed E-state index contributed by atoms with van der Waals surface area (Å²) in [4.78, 5) is 11.0. The summed E-state index contributed by atoms with van der Waals surface area (Å²) in [5.74, 6) is -2.48. The molecule has 0 amide bonds. The molecule has 0 saturated heterocycles. The summed E-state index contributed by atoms with van der Waals surface area (Å²) in [5.41, 5.74) is 5.01. The average Bonchev–Trinajstić information content (AvgIpc) is 2.47. The van der Waals surface area contributed by atoms with Gasteiger partial charge in [0.15, 0.2) is 11.6 Å². The molecule has 1 aliphatic rings. The summed E-state index contributed by atoms with van der Waals surface area (Å²) < 4.78 is 13.1. The number of phenolic OH excluding ortho intramolecular Hbond substituents is 1. The quantitative estimate of drug-likeness (QED) is 0.639. The van der Waals surface area contributed by atoms with Gasteiger partial charge in [-0.1, -0.05) is 0 Å². The van der Waals surface area contributed by atoms with Crippen LogP contribution in [0.2, 0.25) is 0 Å². The van der Waals surface area contributed by atoms with Gasteiger partial charge < -0.3 is 15.9 Å². The van der Waals surface area contributed by atoms with Crippen molar-refractivity contribution >= 4 is 5.97 Å². The van der Waals surface area contributed by atoms with Crippen molar-refractivity contribution in [2.45, 2.75) is 18.4 Å². The summed E-state index contributed by atoms with van der Waals surface area (Å²) in [5, 5.41) is 18.1. The largest absolute Gasteiger partial charge is 0.505 e. The van der Waals surface area contributed by atoms with Gasteiger partial charge in [0.2, 0.25) is 0 Å². The van der Waals surface area contributed by atoms with Crippen molar-refractivity contribution in [3.63, 3.8) is 0 Å². The van der Waals surface area contributed by atoms with Crippen LogP contribution in [0.5, 0.6) is 5.75 Å². The number of carbonyl (C=O) groups is 1. The summed E-state index contributed by atoms with van der Waals surface area (Å²) >= 11 is 0. The van der Waals surface area contributed by atoms with Gasteiger partial charge in [-0.25, -0.2) is 9.18 Å². The highest BCUT2D eigenvalue weighted by Gasteiger charge is 2.42. The number of nitrogens with two attached hydrogens (primary N) is 1. The molecule has 5 heteroatoms. The fourth-order valence-corrected chi connectivity index (χ4v) is 1.92. The smallest absolute Gasteiger partial charge is 0.328 e. The average molecular weight is 211 g/mol. The third-order valence-electron chi connectivity index (χ3n) is 2.82. The Morgan fingerprint density at radius 3 is 2.80 bits per heavy atom. The number of aryl methyl sites for hydroxylation is 1. The molecule has 0 heterocycles. The second kappa shape index (κ2) is 2.93. The molecular weight excluding hydrogens is 201 g/mol. The highest BCUT2D eigenvalue weighted by atomic mass is 19.1. The van der Waals surface area contributed by atoms with E-state index in [1.807, 2.05) is 0 Å². The third-order valence-corrected chi connectivity index (χ3v) is 2.82. The first-order valence-electron chi connectivity index (χ1n) is 4.49. The van der Waals surface area contributed by atoms with E-state index in [1.54, 1.807) is 0 Å². The second-order valence-corrected chi connectivity index (χ2v) is 3.74. The first kappa shape index (κ1) is 9.92. The lowest BCUT2D eigenvalue weighted by molar-refractivity contribution is -0.143. The van der Waals surface area contributed by atoms with Gasteiger partial charge in [0.1, 0.15) is 5.54 Å². The lowest BCUT2D eigenvalue weighted by Crippen LogP contribution is -2.42.